The highest BCUT2D eigenvalue weighted by Crippen LogP contribution is 2.28. The van der Waals surface area contributed by atoms with Gasteiger partial charge in [-0.3, -0.25) is 0 Å². The molecule has 0 aromatic heterocycles. The maximum absolute atomic E-state index is 5.44. The van der Waals surface area contributed by atoms with E-state index in [0.717, 1.165) is 17.5 Å². The highest BCUT2D eigenvalue weighted by atomic mass is 79.9. The van der Waals surface area contributed by atoms with Crippen LogP contribution in [0.3, 0.4) is 0 Å². The number of rotatable bonds is 2. The standard InChI is InChI=1S/C7H11BrO2/c1-3-7(2)9-5-6(4-8)10-7/h5H,3-4H2,1-2H3/t7-/m1/s1. The van der Waals surface area contributed by atoms with E-state index >= 15 is 0 Å². The zero-order valence-electron chi connectivity index (χ0n) is 6.19. The van der Waals surface area contributed by atoms with Crippen LogP contribution < -0.4 is 0 Å². The molecule has 1 aliphatic rings. The fourth-order valence-corrected chi connectivity index (χ4v) is 0.977. The van der Waals surface area contributed by atoms with E-state index in [2.05, 4.69) is 15.9 Å². The molecule has 0 spiro atoms. The lowest BCUT2D eigenvalue weighted by molar-refractivity contribution is -0.133. The van der Waals surface area contributed by atoms with Gasteiger partial charge in [-0.2, -0.15) is 0 Å². The molecule has 0 fully saturated rings. The second-order valence-electron chi connectivity index (χ2n) is 2.43. The van der Waals surface area contributed by atoms with Gasteiger partial charge >= 0.3 is 0 Å². The molecule has 1 rings (SSSR count). The van der Waals surface area contributed by atoms with Crippen molar-refractivity contribution in [3.05, 3.63) is 12.0 Å². The number of ether oxygens (including phenoxy) is 2. The first-order valence-electron chi connectivity index (χ1n) is 3.32. The minimum Gasteiger partial charge on any atom is -0.457 e. The second kappa shape index (κ2) is 2.82. The topological polar surface area (TPSA) is 18.5 Å². The average molecular weight is 207 g/mol. The van der Waals surface area contributed by atoms with E-state index in [9.17, 15) is 0 Å². The van der Waals surface area contributed by atoms with Gasteiger partial charge in [-0.15, -0.1) is 0 Å². The van der Waals surface area contributed by atoms with E-state index < -0.39 is 5.79 Å². The Balaban J connectivity index is 2.49. The molecule has 1 heterocycles. The van der Waals surface area contributed by atoms with Gasteiger partial charge in [-0.25, -0.2) is 0 Å². The lowest BCUT2D eigenvalue weighted by Crippen LogP contribution is -2.24. The van der Waals surface area contributed by atoms with E-state index in [4.69, 9.17) is 9.47 Å². The molecular formula is C7H11BrO2. The highest BCUT2D eigenvalue weighted by Gasteiger charge is 2.30. The minimum atomic E-state index is -0.414. The Morgan fingerprint density at radius 2 is 2.40 bits per heavy atom. The predicted molar refractivity (Wildman–Crippen MR) is 42.7 cm³/mol. The van der Waals surface area contributed by atoms with Crippen LogP contribution in [0.4, 0.5) is 0 Å². The summed E-state index contributed by atoms with van der Waals surface area (Å²) in [6.07, 6.45) is 2.53. The van der Waals surface area contributed by atoms with Gasteiger partial charge in [0.1, 0.15) is 12.0 Å². The molecule has 2 nitrogen and oxygen atoms in total. The van der Waals surface area contributed by atoms with Gasteiger partial charge in [0.2, 0.25) is 5.79 Å². The lowest BCUT2D eigenvalue weighted by atomic mass is 10.2. The van der Waals surface area contributed by atoms with E-state index in [-0.39, 0.29) is 0 Å². The van der Waals surface area contributed by atoms with Gasteiger partial charge < -0.3 is 9.47 Å². The van der Waals surface area contributed by atoms with Gasteiger partial charge in [0.05, 0.1) is 5.33 Å². The number of allylic oxidation sites excluding steroid dienone is 1. The van der Waals surface area contributed by atoms with E-state index in [1.165, 1.54) is 0 Å². The Kier molecular flexibility index (Phi) is 2.24. The third kappa shape index (κ3) is 1.45. The number of halogens is 1. The summed E-state index contributed by atoms with van der Waals surface area (Å²) in [5, 5.41) is 0.725. The van der Waals surface area contributed by atoms with Crippen molar-refractivity contribution in [2.75, 3.05) is 5.33 Å². The van der Waals surface area contributed by atoms with Crippen molar-refractivity contribution in [3.8, 4) is 0 Å². The molecular weight excluding hydrogens is 196 g/mol. The smallest absolute Gasteiger partial charge is 0.247 e. The Morgan fingerprint density at radius 3 is 2.70 bits per heavy atom. The molecule has 1 aliphatic heterocycles. The number of alkyl halides is 1. The van der Waals surface area contributed by atoms with Crippen LogP contribution in [0.5, 0.6) is 0 Å². The summed E-state index contributed by atoms with van der Waals surface area (Å²) in [6.45, 7) is 3.96. The summed E-state index contributed by atoms with van der Waals surface area (Å²) in [7, 11) is 0. The Morgan fingerprint density at radius 1 is 1.70 bits per heavy atom. The third-order valence-electron chi connectivity index (χ3n) is 1.56. The monoisotopic (exact) mass is 206 g/mol. The summed E-state index contributed by atoms with van der Waals surface area (Å²) in [4.78, 5) is 0. The number of hydrogen-bond donors (Lipinski definition) is 0. The molecule has 0 radical (unpaired) electrons. The van der Waals surface area contributed by atoms with Crippen LogP contribution in [-0.2, 0) is 9.47 Å². The molecule has 0 unspecified atom stereocenters. The highest BCUT2D eigenvalue weighted by molar-refractivity contribution is 9.09. The molecule has 1 atom stereocenters. The van der Waals surface area contributed by atoms with Crippen molar-refractivity contribution in [2.45, 2.75) is 26.1 Å². The summed E-state index contributed by atoms with van der Waals surface area (Å²) < 4.78 is 10.7. The third-order valence-corrected chi connectivity index (χ3v) is 2.11. The van der Waals surface area contributed by atoms with E-state index in [1.54, 1.807) is 6.26 Å². The molecule has 0 N–H and O–H groups in total. The van der Waals surface area contributed by atoms with Crippen molar-refractivity contribution in [3.63, 3.8) is 0 Å². The van der Waals surface area contributed by atoms with Gasteiger partial charge in [0.15, 0.2) is 0 Å². The summed E-state index contributed by atoms with van der Waals surface area (Å²) in [6, 6.07) is 0. The molecule has 0 saturated heterocycles. The molecule has 0 aromatic carbocycles. The minimum absolute atomic E-state index is 0.414. The Bertz CT molecular complexity index is 156. The zero-order valence-corrected chi connectivity index (χ0v) is 7.77. The van der Waals surface area contributed by atoms with Crippen molar-refractivity contribution in [1.29, 1.82) is 0 Å². The molecule has 0 aliphatic carbocycles. The first kappa shape index (κ1) is 7.92. The van der Waals surface area contributed by atoms with E-state index in [0.29, 0.717) is 0 Å². The van der Waals surface area contributed by atoms with Gasteiger partial charge in [-0.05, 0) is 0 Å². The molecule has 58 valence electrons. The SMILES string of the molecule is CC[C@]1(C)OC=C(CBr)O1. The molecule has 0 saturated carbocycles. The Labute approximate surface area is 69.3 Å². The molecule has 0 aromatic rings. The largest absolute Gasteiger partial charge is 0.457 e. The maximum atomic E-state index is 5.44. The van der Waals surface area contributed by atoms with Crippen molar-refractivity contribution >= 4 is 15.9 Å². The maximum Gasteiger partial charge on any atom is 0.247 e. The molecule has 0 amide bonds. The van der Waals surface area contributed by atoms with Gasteiger partial charge in [0.25, 0.3) is 0 Å². The van der Waals surface area contributed by atoms with Crippen LogP contribution in [-0.4, -0.2) is 11.1 Å². The molecule has 3 heteroatoms. The average Bonchev–Trinajstić information content (AvgIpc) is 2.33. The summed E-state index contributed by atoms with van der Waals surface area (Å²) >= 11 is 3.28. The first-order chi connectivity index (χ1) is 4.70. The summed E-state index contributed by atoms with van der Waals surface area (Å²) in [5.74, 6) is 0.452. The first-order valence-corrected chi connectivity index (χ1v) is 4.44. The van der Waals surface area contributed by atoms with Crippen molar-refractivity contribution in [2.24, 2.45) is 0 Å². The normalized spacial score (nSPS) is 30.9. The van der Waals surface area contributed by atoms with Crippen LogP contribution in [0.15, 0.2) is 12.0 Å². The quantitative estimate of drug-likeness (QED) is 0.647. The summed E-state index contributed by atoms with van der Waals surface area (Å²) in [5.41, 5.74) is 0. The van der Waals surface area contributed by atoms with Crippen LogP contribution in [0.1, 0.15) is 20.3 Å². The zero-order chi connectivity index (χ0) is 7.61. The lowest BCUT2D eigenvalue weighted by Gasteiger charge is -2.21. The van der Waals surface area contributed by atoms with Gasteiger partial charge in [0, 0.05) is 13.3 Å². The van der Waals surface area contributed by atoms with E-state index in [1.807, 2.05) is 13.8 Å². The molecule has 0 bridgehead atoms. The van der Waals surface area contributed by atoms with Crippen LogP contribution in [0, 0.1) is 0 Å². The van der Waals surface area contributed by atoms with Crippen LogP contribution in [0.25, 0.3) is 0 Å². The second-order valence-corrected chi connectivity index (χ2v) is 2.99. The van der Waals surface area contributed by atoms with Crippen LogP contribution >= 0.6 is 15.9 Å². The van der Waals surface area contributed by atoms with Crippen molar-refractivity contribution in [1.82, 2.24) is 0 Å². The fraction of sp³-hybridized carbons (Fsp3) is 0.714. The number of hydrogen-bond acceptors (Lipinski definition) is 2. The predicted octanol–water partition coefficient (Wildman–Crippen LogP) is 2.40. The van der Waals surface area contributed by atoms with Crippen molar-refractivity contribution < 1.29 is 9.47 Å². The Hall–Kier alpha value is -0.180. The fourth-order valence-electron chi connectivity index (χ4n) is 0.730. The molecule has 10 heavy (non-hydrogen) atoms. The van der Waals surface area contributed by atoms with Gasteiger partial charge in [-0.1, -0.05) is 22.9 Å². The van der Waals surface area contributed by atoms with Crippen LogP contribution in [0.2, 0.25) is 0 Å².